The average Bonchev–Trinajstić information content (AvgIpc) is 2.35. The van der Waals surface area contributed by atoms with E-state index in [-0.39, 0.29) is 39.9 Å². The Hall–Kier alpha value is -1.45. The van der Waals surface area contributed by atoms with Crippen molar-refractivity contribution in [3.8, 4) is 0 Å². The van der Waals surface area contributed by atoms with Gasteiger partial charge in [-0.3, -0.25) is 24.0 Å². The number of hydrogen-bond donors (Lipinski definition) is 7. The van der Waals surface area contributed by atoms with Crippen LogP contribution in [-0.4, -0.2) is 81.6 Å². The van der Waals surface area contributed by atoms with Crippen LogP contribution in [0.4, 0.5) is 0 Å². The second-order valence-corrected chi connectivity index (χ2v) is 3.88. The second-order valence-electron chi connectivity index (χ2n) is 3.88. The van der Waals surface area contributed by atoms with Crippen molar-refractivity contribution in [3.05, 3.63) is 5.73 Å². The van der Waals surface area contributed by atoms with Gasteiger partial charge in [-0.15, -0.1) is 6.54 Å². The van der Waals surface area contributed by atoms with Crippen molar-refractivity contribution in [1.82, 2.24) is 5.32 Å². The number of carbonyl (C=O) groups is 5. The smallest absolute Gasteiger partial charge is 0.300 e. The number of carboxylic acid groups (broad SMARTS) is 5. The van der Waals surface area contributed by atoms with Crippen molar-refractivity contribution in [2.45, 2.75) is 34.6 Å². The third-order valence-corrected chi connectivity index (χ3v) is 0.623. The van der Waals surface area contributed by atoms with Gasteiger partial charge >= 0.3 is 0 Å². The van der Waals surface area contributed by atoms with Crippen LogP contribution in [0.3, 0.4) is 0 Å². The Bertz CT molecular complexity index is 289. The molecule has 0 heterocycles. The summed E-state index contributed by atoms with van der Waals surface area (Å²) in [6, 6.07) is 0. The summed E-state index contributed by atoms with van der Waals surface area (Å²) in [7, 11) is 0. The standard InChI is InChI=1S/C4H12N3.5C2H4O2.Gd/c5-1-3-7-4-2-6;5*1-2(3)4;/h5,7H,1-4,6H2;5*1H3,(H,3,4);/q-1;;;;;;. The molecule has 28 heavy (non-hydrogen) atoms. The minimum Gasteiger partial charge on any atom is -0.676 e. The summed E-state index contributed by atoms with van der Waals surface area (Å²) in [5, 5.41) is 40.1. The zero-order chi connectivity index (χ0) is 23.4. The van der Waals surface area contributed by atoms with Crippen molar-refractivity contribution in [3.63, 3.8) is 0 Å². The first-order chi connectivity index (χ1) is 12.1. The monoisotopic (exact) mass is 560 g/mol. The maximum absolute atomic E-state index is 9.00. The molecule has 0 fully saturated rings. The fourth-order valence-corrected chi connectivity index (χ4v) is 0.315. The minimum absolute atomic E-state index is 0. The molecule has 0 aliphatic rings. The third kappa shape index (κ3) is 2090. The van der Waals surface area contributed by atoms with Crippen LogP contribution in [0, 0.1) is 39.9 Å². The molecule has 0 saturated carbocycles. The molecule has 0 aromatic rings. The van der Waals surface area contributed by atoms with Gasteiger partial charge in [0.1, 0.15) is 0 Å². The van der Waals surface area contributed by atoms with Gasteiger partial charge in [0.05, 0.1) is 0 Å². The Morgan fingerprint density at radius 1 is 0.679 bits per heavy atom. The topological polar surface area (TPSA) is 248 Å². The van der Waals surface area contributed by atoms with Gasteiger partial charge in [-0.05, 0) is 6.54 Å². The van der Waals surface area contributed by atoms with Gasteiger partial charge in [-0.1, -0.05) is 0 Å². The van der Waals surface area contributed by atoms with Gasteiger partial charge in [-0.25, -0.2) is 0 Å². The number of nitrogens with one attached hydrogen (secondary N) is 2. The predicted octanol–water partition coefficient (Wildman–Crippen LogP) is 0.0414. The van der Waals surface area contributed by atoms with E-state index in [4.69, 9.17) is 61.0 Å². The Morgan fingerprint density at radius 2 is 0.857 bits per heavy atom. The normalized spacial score (nSPS) is 6.82. The van der Waals surface area contributed by atoms with Crippen LogP contribution in [0.15, 0.2) is 0 Å². The van der Waals surface area contributed by atoms with Gasteiger partial charge < -0.3 is 42.3 Å². The van der Waals surface area contributed by atoms with Crippen LogP contribution >= 0.6 is 0 Å². The van der Waals surface area contributed by atoms with E-state index in [1.165, 1.54) is 0 Å². The molecule has 0 unspecified atom stereocenters. The molecule has 0 atom stereocenters. The molecule has 0 spiro atoms. The minimum atomic E-state index is -0.833. The van der Waals surface area contributed by atoms with E-state index in [0.29, 0.717) is 13.1 Å². The predicted molar refractivity (Wildman–Crippen MR) is 97.7 cm³/mol. The molecule has 0 aliphatic heterocycles. The van der Waals surface area contributed by atoms with Crippen LogP contribution in [0.5, 0.6) is 0 Å². The van der Waals surface area contributed by atoms with E-state index >= 15 is 0 Å². The molecule has 0 aromatic carbocycles. The van der Waals surface area contributed by atoms with Gasteiger partial charge in [0.15, 0.2) is 0 Å². The van der Waals surface area contributed by atoms with Crippen LogP contribution in [0.1, 0.15) is 34.6 Å². The molecule has 0 radical (unpaired) electrons. The van der Waals surface area contributed by atoms with Crippen LogP contribution in [0.25, 0.3) is 5.73 Å². The van der Waals surface area contributed by atoms with Gasteiger partial charge in [0.25, 0.3) is 29.8 Å². The second kappa shape index (κ2) is 44.8. The first-order valence-electron chi connectivity index (χ1n) is 7.11. The van der Waals surface area contributed by atoms with Crippen LogP contribution in [0.2, 0.25) is 0 Å². The van der Waals surface area contributed by atoms with Crippen LogP contribution in [-0.2, 0) is 24.0 Å². The van der Waals surface area contributed by atoms with Crippen molar-refractivity contribution in [2.75, 3.05) is 26.2 Å². The Balaban J connectivity index is -0.0000000382. The van der Waals surface area contributed by atoms with Crippen molar-refractivity contribution in [1.29, 1.82) is 0 Å². The summed E-state index contributed by atoms with van der Waals surface area (Å²) in [5.41, 5.74) is 11.8. The molecule has 14 heteroatoms. The van der Waals surface area contributed by atoms with Crippen LogP contribution < -0.4 is 11.1 Å². The first-order valence-corrected chi connectivity index (χ1v) is 7.11. The Labute approximate surface area is 196 Å². The molecular formula is C14H32GdN3O10-. The van der Waals surface area contributed by atoms with Gasteiger partial charge in [-0.2, -0.15) is 0 Å². The summed E-state index contributed by atoms with van der Waals surface area (Å²) < 4.78 is 0. The summed E-state index contributed by atoms with van der Waals surface area (Å²) >= 11 is 0. The van der Waals surface area contributed by atoms with Crippen molar-refractivity contribution < 1.29 is 89.4 Å². The first kappa shape index (κ1) is 45.4. The Morgan fingerprint density at radius 3 is 0.964 bits per heavy atom. The van der Waals surface area contributed by atoms with E-state index < -0.39 is 29.8 Å². The fourth-order valence-electron chi connectivity index (χ4n) is 0.315. The number of hydrogen-bond acceptors (Lipinski definition) is 7. The molecular weight excluding hydrogens is 527 g/mol. The van der Waals surface area contributed by atoms with E-state index in [2.05, 4.69) is 5.32 Å². The maximum atomic E-state index is 9.00. The molecule has 0 amide bonds. The Kier molecular flexibility index (Phi) is 72.5. The number of nitrogens with two attached hydrogens (primary N) is 1. The molecule has 9 N–H and O–H groups in total. The summed E-state index contributed by atoms with van der Waals surface area (Å²) in [5.74, 6) is -4.17. The largest absolute Gasteiger partial charge is 0.676 e. The number of rotatable bonds is 4. The van der Waals surface area contributed by atoms with Crippen molar-refractivity contribution in [2.24, 2.45) is 5.73 Å². The molecule has 0 rings (SSSR count). The molecule has 0 aliphatic carbocycles. The molecule has 0 aromatic heterocycles. The average molecular weight is 560 g/mol. The quantitative estimate of drug-likeness (QED) is 0.226. The van der Waals surface area contributed by atoms with E-state index in [1.54, 1.807) is 0 Å². The van der Waals surface area contributed by atoms with E-state index in [9.17, 15) is 0 Å². The summed E-state index contributed by atoms with van der Waals surface area (Å²) in [6.45, 7) is 8.12. The van der Waals surface area contributed by atoms with E-state index in [0.717, 1.165) is 47.7 Å². The van der Waals surface area contributed by atoms with Crippen molar-refractivity contribution >= 4 is 29.8 Å². The molecule has 0 bridgehead atoms. The zero-order valence-electron chi connectivity index (χ0n) is 16.5. The zero-order valence-corrected chi connectivity index (χ0v) is 18.8. The summed E-state index contributed by atoms with van der Waals surface area (Å²) in [6.07, 6.45) is 0. The van der Waals surface area contributed by atoms with Gasteiger partial charge in [0.2, 0.25) is 0 Å². The molecule has 0 saturated heterocycles. The number of aliphatic carboxylic acids is 5. The SMILES string of the molecule is CC(=O)O.CC(=O)O.CC(=O)O.CC(=O)O.CC(=O)O.[Gd].[NH-]CCNCCN. The van der Waals surface area contributed by atoms with Gasteiger partial charge in [0, 0.05) is 87.6 Å². The number of carboxylic acids is 5. The molecule has 13 nitrogen and oxygen atoms in total. The fraction of sp³-hybridized carbons (Fsp3) is 0.643. The maximum Gasteiger partial charge on any atom is 0.300 e. The van der Waals surface area contributed by atoms with E-state index in [1.807, 2.05) is 0 Å². The summed E-state index contributed by atoms with van der Waals surface area (Å²) in [4.78, 5) is 45.0. The third-order valence-electron chi connectivity index (χ3n) is 0.623. The molecule has 172 valence electrons.